The maximum Gasteiger partial charge on any atom is 0.193 e. The monoisotopic (exact) mass is 534 g/mol. The van der Waals surface area contributed by atoms with Crippen LogP contribution in [0.15, 0.2) is 59.7 Å². The number of likely N-dealkylation sites (tertiary alicyclic amines) is 1. The fraction of sp³-hybridized carbons (Fsp3) is 0.435. The molecule has 1 atom stereocenters. The van der Waals surface area contributed by atoms with Gasteiger partial charge in [-0.05, 0) is 31.0 Å². The van der Waals surface area contributed by atoms with E-state index in [1.807, 2.05) is 34.9 Å². The first-order chi connectivity index (χ1) is 14.8. The summed E-state index contributed by atoms with van der Waals surface area (Å²) in [7, 11) is 0. The minimum atomic E-state index is 0. The third-order valence-corrected chi connectivity index (χ3v) is 5.37. The third-order valence-electron chi connectivity index (χ3n) is 5.37. The van der Waals surface area contributed by atoms with E-state index in [9.17, 15) is 0 Å². The number of hydrogen-bond acceptors (Lipinski definition) is 4. The van der Waals surface area contributed by atoms with E-state index in [4.69, 9.17) is 9.73 Å². The van der Waals surface area contributed by atoms with Crippen LogP contribution in [0, 0.1) is 5.92 Å². The van der Waals surface area contributed by atoms with Gasteiger partial charge < -0.3 is 15.0 Å². The Bertz CT molecular complexity index is 961. The van der Waals surface area contributed by atoms with E-state index in [1.54, 1.807) is 0 Å². The van der Waals surface area contributed by atoms with E-state index in [0.717, 1.165) is 56.5 Å². The predicted molar refractivity (Wildman–Crippen MR) is 134 cm³/mol. The van der Waals surface area contributed by atoms with Crippen molar-refractivity contribution < 1.29 is 4.74 Å². The Hall–Kier alpha value is -2.20. The largest absolute Gasteiger partial charge is 0.376 e. The first-order valence-corrected chi connectivity index (χ1v) is 10.8. The lowest BCUT2D eigenvalue weighted by Gasteiger charge is -2.21. The SMILES string of the molecule is CCNC(=NCCc1nnc2ccccn12)N1CCC(COCc2ccccc2)C1.I. The molecule has 31 heavy (non-hydrogen) atoms. The molecule has 1 saturated heterocycles. The molecule has 0 bridgehead atoms. The molecule has 7 nitrogen and oxygen atoms in total. The molecular weight excluding hydrogens is 503 g/mol. The highest BCUT2D eigenvalue weighted by molar-refractivity contribution is 14.0. The number of halogens is 1. The molecule has 0 amide bonds. The first-order valence-electron chi connectivity index (χ1n) is 10.8. The molecule has 2 aromatic heterocycles. The number of aliphatic imine (C=N–C) groups is 1. The number of hydrogen-bond donors (Lipinski definition) is 1. The number of guanidine groups is 1. The maximum absolute atomic E-state index is 5.96. The van der Waals surface area contributed by atoms with Gasteiger partial charge in [-0.2, -0.15) is 0 Å². The normalized spacial score (nSPS) is 16.5. The van der Waals surface area contributed by atoms with E-state index in [2.05, 4.69) is 51.6 Å². The highest BCUT2D eigenvalue weighted by Crippen LogP contribution is 2.17. The van der Waals surface area contributed by atoms with Gasteiger partial charge in [0.1, 0.15) is 5.82 Å². The van der Waals surface area contributed by atoms with E-state index >= 15 is 0 Å². The van der Waals surface area contributed by atoms with Crippen LogP contribution >= 0.6 is 24.0 Å². The molecule has 0 saturated carbocycles. The molecule has 3 heterocycles. The van der Waals surface area contributed by atoms with Crippen LogP contribution in [0.3, 0.4) is 0 Å². The van der Waals surface area contributed by atoms with Crippen LogP contribution in [0.5, 0.6) is 0 Å². The van der Waals surface area contributed by atoms with Gasteiger partial charge in [0.05, 0.1) is 13.2 Å². The van der Waals surface area contributed by atoms with Crippen molar-refractivity contribution >= 4 is 35.6 Å². The maximum atomic E-state index is 5.96. The van der Waals surface area contributed by atoms with Crippen LogP contribution in [0.2, 0.25) is 0 Å². The van der Waals surface area contributed by atoms with Gasteiger partial charge >= 0.3 is 0 Å². The van der Waals surface area contributed by atoms with Crippen molar-refractivity contribution in [2.24, 2.45) is 10.9 Å². The quantitative estimate of drug-likeness (QED) is 0.273. The van der Waals surface area contributed by atoms with E-state index < -0.39 is 0 Å². The minimum absolute atomic E-state index is 0. The molecule has 3 aromatic rings. The molecule has 1 aliphatic heterocycles. The van der Waals surface area contributed by atoms with Crippen molar-refractivity contribution in [1.82, 2.24) is 24.8 Å². The van der Waals surface area contributed by atoms with Crippen LogP contribution in [0.1, 0.15) is 24.7 Å². The van der Waals surface area contributed by atoms with Crippen molar-refractivity contribution in [3.05, 3.63) is 66.1 Å². The Balaban J connectivity index is 0.00000272. The number of rotatable bonds is 8. The summed E-state index contributed by atoms with van der Waals surface area (Å²) in [5.41, 5.74) is 2.10. The molecule has 1 N–H and O–H groups in total. The van der Waals surface area contributed by atoms with Crippen molar-refractivity contribution in [3.8, 4) is 0 Å². The highest BCUT2D eigenvalue weighted by atomic mass is 127. The molecule has 1 unspecified atom stereocenters. The average Bonchev–Trinajstić information content (AvgIpc) is 3.41. The van der Waals surface area contributed by atoms with Crippen molar-refractivity contribution in [2.75, 3.05) is 32.8 Å². The zero-order valence-corrected chi connectivity index (χ0v) is 20.3. The summed E-state index contributed by atoms with van der Waals surface area (Å²) in [5, 5.41) is 12.0. The van der Waals surface area contributed by atoms with E-state index in [0.29, 0.717) is 19.1 Å². The van der Waals surface area contributed by atoms with Crippen LogP contribution < -0.4 is 5.32 Å². The lowest BCUT2D eigenvalue weighted by atomic mass is 10.1. The van der Waals surface area contributed by atoms with Gasteiger partial charge in [0.2, 0.25) is 0 Å². The minimum Gasteiger partial charge on any atom is -0.376 e. The summed E-state index contributed by atoms with van der Waals surface area (Å²) >= 11 is 0. The number of benzene rings is 1. The smallest absolute Gasteiger partial charge is 0.193 e. The number of ether oxygens (including phenoxy) is 1. The number of fused-ring (bicyclic) bond motifs is 1. The van der Waals surface area contributed by atoms with Crippen molar-refractivity contribution in [2.45, 2.75) is 26.4 Å². The molecule has 1 aliphatic rings. The van der Waals surface area contributed by atoms with Gasteiger partial charge in [-0.25, -0.2) is 0 Å². The lowest BCUT2D eigenvalue weighted by Crippen LogP contribution is -2.40. The van der Waals surface area contributed by atoms with Crippen molar-refractivity contribution in [1.29, 1.82) is 0 Å². The molecule has 166 valence electrons. The summed E-state index contributed by atoms with van der Waals surface area (Å²) in [6.07, 6.45) is 3.89. The summed E-state index contributed by atoms with van der Waals surface area (Å²) in [4.78, 5) is 7.20. The second kappa shape index (κ2) is 12.0. The molecular formula is C23H31IN6O. The van der Waals surface area contributed by atoms with Gasteiger partial charge in [0.15, 0.2) is 11.6 Å². The topological polar surface area (TPSA) is 67.0 Å². The van der Waals surface area contributed by atoms with Crippen LogP contribution in [0.25, 0.3) is 5.65 Å². The fourth-order valence-electron chi connectivity index (χ4n) is 3.83. The molecule has 1 fully saturated rings. The van der Waals surface area contributed by atoms with E-state index in [-0.39, 0.29) is 24.0 Å². The summed E-state index contributed by atoms with van der Waals surface area (Å²) < 4.78 is 7.98. The Morgan fingerprint density at radius 3 is 2.84 bits per heavy atom. The zero-order chi connectivity index (χ0) is 20.6. The van der Waals surface area contributed by atoms with Crippen molar-refractivity contribution in [3.63, 3.8) is 0 Å². The fourth-order valence-corrected chi connectivity index (χ4v) is 3.83. The Morgan fingerprint density at radius 1 is 1.16 bits per heavy atom. The molecule has 0 aliphatic carbocycles. The number of pyridine rings is 1. The first kappa shape index (κ1) is 23.5. The van der Waals surface area contributed by atoms with Gasteiger partial charge in [-0.3, -0.25) is 9.39 Å². The molecule has 0 radical (unpaired) electrons. The van der Waals surface area contributed by atoms with Crippen LogP contribution in [-0.2, 0) is 17.8 Å². The highest BCUT2D eigenvalue weighted by Gasteiger charge is 2.25. The second-order valence-electron chi connectivity index (χ2n) is 7.63. The van der Waals surface area contributed by atoms with Crippen LogP contribution in [-0.4, -0.2) is 58.2 Å². The molecule has 0 spiro atoms. The number of nitrogens with zero attached hydrogens (tertiary/aromatic N) is 5. The third kappa shape index (κ3) is 6.39. The van der Waals surface area contributed by atoms with Crippen LogP contribution in [0.4, 0.5) is 0 Å². The number of nitrogens with one attached hydrogen (secondary N) is 1. The summed E-state index contributed by atoms with van der Waals surface area (Å²) in [6, 6.07) is 16.3. The zero-order valence-electron chi connectivity index (χ0n) is 18.0. The molecule has 8 heteroatoms. The van der Waals surface area contributed by atoms with E-state index in [1.165, 1.54) is 5.56 Å². The number of aromatic nitrogens is 3. The summed E-state index contributed by atoms with van der Waals surface area (Å²) in [6.45, 7) is 7.11. The summed E-state index contributed by atoms with van der Waals surface area (Å²) in [5.74, 6) is 2.47. The standard InChI is InChI=1S/C23H30N6O.HI/c1-2-24-23(25-13-11-22-27-26-21-10-6-7-14-29(21)22)28-15-12-20(16-28)18-30-17-19-8-4-3-5-9-19;/h3-10,14,20H,2,11-13,15-18H2,1H3,(H,24,25);1H. The van der Waals surface area contributed by atoms with Gasteiger partial charge in [-0.1, -0.05) is 36.4 Å². The lowest BCUT2D eigenvalue weighted by molar-refractivity contribution is 0.0907. The Morgan fingerprint density at radius 2 is 2.00 bits per heavy atom. The van der Waals surface area contributed by atoms with Gasteiger partial charge in [-0.15, -0.1) is 34.2 Å². The average molecular weight is 534 g/mol. The Kier molecular flexibility index (Phi) is 9.08. The van der Waals surface area contributed by atoms with Gasteiger partial charge in [0.25, 0.3) is 0 Å². The van der Waals surface area contributed by atoms with Gasteiger partial charge in [0, 0.05) is 44.7 Å². The Labute approximate surface area is 200 Å². The second-order valence-corrected chi connectivity index (χ2v) is 7.63. The molecule has 1 aromatic carbocycles. The predicted octanol–water partition coefficient (Wildman–Crippen LogP) is 3.39. The molecule has 4 rings (SSSR count).